The molecule has 0 saturated carbocycles. The maximum Gasteiger partial charge on any atom is 0.333 e. The van der Waals surface area contributed by atoms with Crippen LogP contribution in [0, 0.1) is 0 Å². The minimum Gasteiger partial charge on any atom is -0.312 e. The van der Waals surface area contributed by atoms with Crippen LogP contribution in [0.15, 0.2) is 0 Å². The van der Waals surface area contributed by atoms with Gasteiger partial charge in [-0.2, -0.15) is 8.42 Å². The van der Waals surface area contributed by atoms with Crippen LogP contribution in [0.2, 0.25) is 0 Å². The first-order chi connectivity index (χ1) is 13.0. The summed E-state index contributed by atoms with van der Waals surface area (Å²) in [6.45, 7) is 5.38. The van der Waals surface area contributed by atoms with Crippen molar-refractivity contribution < 1.29 is 26.5 Å². The molecule has 0 heterocycles. The van der Waals surface area contributed by atoms with Crippen LogP contribution < -0.4 is 0 Å². The highest BCUT2D eigenvalue weighted by Crippen LogP contribution is 2.40. The minimum atomic E-state index is -4.18. The van der Waals surface area contributed by atoms with E-state index >= 15 is 0 Å². The van der Waals surface area contributed by atoms with E-state index in [0.29, 0.717) is 13.2 Å². The van der Waals surface area contributed by atoms with Gasteiger partial charge in [-0.15, -0.1) is 0 Å². The first-order valence-corrected chi connectivity index (χ1v) is 13.3. The SMILES string of the molecule is CCCCCCCCCOP(OCCCCCCCCC)OCS(=O)(=O)O. The maximum absolute atomic E-state index is 10.9. The molecule has 0 rings (SSSR count). The number of unbranched alkanes of at least 4 members (excludes halogenated alkanes) is 12. The first kappa shape index (κ1) is 27.2. The summed E-state index contributed by atoms with van der Waals surface area (Å²) in [5.74, 6) is -0.785. The molecule has 6 nitrogen and oxygen atoms in total. The Balaban J connectivity index is 3.84. The fourth-order valence-electron chi connectivity index (χ4n) is 2.62. The van der Waals surface area contributed by atoms with Crippen molar-refractivity contribution in [2.24, 2.45) is 0 Å². The van der Waals surface area contributed by atoms with Crippen LogP contribution in [0.1, 0.15) is 104 Å². The minimum absolute atomic E-state index is 0.488. The van der Waals surface area contributed by atoms with E-state index in [-0.39, 0.29) is 0 Å². The topological polar surface area (TPSA) is 82.1 Å². The first-order valence-electron chi connectivity index (χ1n) is 10.6. The Morgan fingerprint density at radius 1 is 0.630 bits per heavy atom. The molecule has 1 N–H and O–H groups in total. The Hall–Kier alpha value is 0.220. The van der Waals surface area contributed by atoms with E-state index in [1.54, 1.807) is 0 Å². The van der Waals surface area contributed by atoms with Gasteiger partial charge in [0.1, 0.15) is 0 Å². The molecule has 0 aliphatic heterocycles. The molecule has 0 aliphatic carbocycles. The molecule has 0 amide bonds. The van der Waals surface area contributed by atoms with Crippen molar-refractivity contribution in [3.8, 4) is 0 Å². The van der Waals surface area contributed by atoms with Crippen LogP contribution in [0.3, 0.4) is 0 Å². The Morgan fingerprint density at radius 2 is 1.00 bits per heavy atom. The Labute approximate surface area is 168 Å². The normalized spacial score (nSPS) is 12.1. The second-order valence-corrected chi connectivity index (χ2v) is 9.58. The quantitative estimate of drug-likeness (QED) is 0.126. The molecule has 0 saturated heterocycles. The lowest BCUT2D eigenvalue weighted by molar-refractivity contribution is 0.167. The Bertz CT molecular complexity index is 385. The fraction of sp³-hybridized carbons (Fsp3) is 1.00. The van der Waals surface area contributed by atoms with Crippen LogP contribution in [0.25, 0.3) is 0 Å². The van der Waals surface area contributed by atoms with Gasteiger partial charge in [0.2, 0.25) is 0 Å². The molecule has 0 unspecified atom stereocenters. The van der Waals surface area contributed by atoms with Gasteiger partial charge in [-0.3, -0.25) is 9.08 Å². The summed E-state index contributed by atoms with van der Waals surface area (Å²) >= 11 is 0. The largest absolute Gasteiger partial charge is 0.333 e. The van der Waals surface area contributed by atoms with Gasteiger partial charge in [0.05, 0.1) is 13.2 Å². The van der Waals surface area contributed by atoms with Crippen LogP contribution >= 0.6 is 8.60 Å². The molecule has 0 aromatic carbocycles. The van der Waals surface area contributed by atoms with Crippen molar-refractivity contribution >= 4 is 18.7 Å². The number of hydrogen-bond donors (Lipinski definition) is 1. The van der Waals surface area contributed by atoms with E-state index in [4.69, 9.17) is 18.1 Å². The zero-order valence-corrected chi connectivity index (χ0v) is 19.1. The van der Waals surface area contributed by atoms with E-state index in [2.05, 4.69) is 13.8 Å². The molecule has 27 heavy (non-hydrogen) atoms. The summed E-state index contributed by atoms with van der Waals surface area (Å²) in [5.41, 5.74) is 0. The van der Waals surface area contributed by atoms with E-state index in [1.165, 1.54) is 64.2 Å². The van der Waals surface area contributed by atoms with Crippen molar-refractivity contribution in [1.82, 2.24) is 0 Å². The third-order valence-corrected chi connectivity index (χ3v) is 5.91. The molecular weight excluding hydrogens is 387 g/mol. The third-order valence-electron chi connectivity index (χ3n) is 4.20. The summed E-state index contributed by atoms with van der Waals surface area (Å²) < 4.78 is 46.8. The molecule has 0 aromatic heterocycles. The van der Waals surface area contributed by atoms with Gasteiger partial charge in [0, 0.05) is 0 Å². The molecular formula is C19H41O6PS. The van der Waals surface area contributed by atoms with Gasteiger partial charge in [-0.25, -0.2) is 0 Å². The van der Waals surface area contributed by atoms with Gasteiger partial charge in [-0.05, 0) is 12.8 Å². The van der Waals surface area contributed by atoms with Gasteiger partial charge < -0.3 is 9.05 Å². The smallest absolute Gasteiger partial charge is 0.312 e. The van der Waals surface area contributed by atoms with Crippen molar-refractivity contribution in [2.45, 2.75) is 104 Å². The fourth-order valence-corrected chi connectivity index (χ4v) is 4.27. The summed E-state index contributed by atoms with van der Waals surface area (Å²) in [6.07, 6.45) is 16.5. The third kappa shape index (κ3) is 22.4. The molecule has 0 bridgehead atoms. The number of hydrogen-bond acceptors (Lipinski definition) is 5. The van der Waals surface area contributed by atoms with Crippen LogP contribution in [0.4, 0.5) is 0 Å². The predicted molar refractivity (Wildman–Crippen MR) is 112 cm³/mol. The zero-order valence-electron chi connectivity index (χ0n) is 17.4. The van der Waals surface area contributed by atoms with E-state index in [0.717, 1.165) is 25.7 Å². The highest BCUT2D eigenvalue weighted by atomic mass is 32.2. The summed E-state index contributed by atoms with van der Waals surface area (Å²) in [4.78, 5) is 0. The average Bonchev–Trinajstić information content (AvgIpc) is 2.62. The van der Waals surface area contributed by atoms with E-state index in [1.807, 2.05) is 0 Å². The van der Waals surface area contributed by atoms with Crippen LogP contribution in [-0.2, 0) is 23.7 Å². The Morgan fingerprint density at radius 3 is 1.37 bits per heavy atom. The maximum atomic E-state index is 10.9. The highest BCUT2D eigenvalue weighted by molar-refractivity contribution is 7.85. The lowest BCUT2D eigenvalue weighted by Gasteiger charge is -2.16. The van der Waals surface area contributed by atoms with Crippen molar-refractivity contribution in [3.63, 3.8) is 0 Å². The van der Waals surface area contributed by atoms with Gasteiger partial charge in [0.15, 0.2) is 5.94 Å². The van der Waals surface area contributed by atoms with Gasteiger partial charge in [-0.1, -0.05) is 90.9 Å². The molecule has 0 fully saturated rings. The summed E-state index contributed by atoms with van der Waals surface area (Å²) in [7, 11) is -5.91. The highest BCUT2D eigenvalue weighted by Gasteiger charge is 2.16. The molecule has 0 atom stereocenters. The second-order valence-electron chi connectivity index (χ2n) is 6.96. The Kier molecular flexibility index (Phi) is 19.7. The lowest BCUT2D eigenvalue weighted by Crippen LogP contribution is -2.08. The molecule has 0 spiro atoms. The molecule has 8 heteroatoms. The van der Waals surface area contributed by atoms with Crippen LogP contribution in [-0.4, -0.2) is 32.1 Å². The zero-order chi connectivity index (χ0) is 20.2. The number of rotatable bonds is 21. The standard InChI is InChI=1S/C19H41O6PS/c1-3-5-7-9-11-13-15-17-23-26(25-19-27(20,21)22)24-18-16-14-12-10-8-6-4-2/h3-19H2,1-2H3,(H,20,21,22). The van der Waals surface area contributed by atoms with Crippen molar-refractivity contribution in [2.75, 3.05) is 19.2 Å². The molecule has 0 aromatic rings. The summed E-state index contributed by atoms with van der Waals surface area (Å²) in [5, 5.41) is 0. The average molecular weight is 429 g/mol. The van der Waals surface area contributed by atoms with Crippen molar-refractivity contribution in [1.29, 1.82) is 0 Å². The second kappa shape index (κ2) is 19.5. The predicted octanol–water partition coefficient (Wildman–Crippen LogP) is 6.61. The van der Waals surface area contributed by atoms with E-state index in [9.17, 15) is 8.42 Å². The van der Waals surface area contributed by atoms with Gasteiger partial charge >= 0.3 is 8.60 Å². The van der Waals surface area contributed by atoms with Gasteiger partial charge in [0.25, 0.3) is 10.1 Å². The molecule has 0 aliphatic rings. The molecule has 164 valence electrons. The molecule has 0 radical (unpaired) electrons. The summed E-state index contributed by atoms with van der Waals surface area (Å²) in [6, 6.07) is 0. The monoisotopic (exact) mass is 428 g/mol. The van der Waals surface area contributed by atoms with Crippen LogP contribution in [0.5, 0.6) is 0 Å². The van der Waals surface area contributed by atoms with Crippen molar-refractivity contribution in [3.05, 3.63) is 0 Å². The lowest BCUT2D eigenvalue weighted by atomic mass is 10.1. The van der Waals surface area contributed by atoms with E-state index < -0.39 is 24.7 Å².